The Hall–Kier alpha value is -3.18. The van der Waals surface area contributed by atoms with Gasteiger partial charge in [-0.3, -0.25) is 19.2 Å². The summed E-state index contributed by atoms with van der Waals surface area (Å²) in [5, 5.41) is 26.2. The highest BCUT2D eigenvalue weighted by molar-refractivity contribution is 7.88. The van der Waals surface area contributed by atoms with Crippen molar-refractivity contribution in [1.82, 2.24) is 24.7 Å². The summed E-state index contributed by atoms with van der Waals surface area (Å²) in [7, 11) is -3.87. The molecule has 224 valence electrons. The molecule has 0 spiro atoms. The molecule has 7 atom stereocenters. The van der Waals surface area contributed by atoms with E-state index in [4.69, 9.17) is 4.74 Å². The van der Waals surface area contributed by atoms with Crippen LogP contribution in [0.15, 0.2) is 24.3 Å². The molecule has 1 aromatic rings. The van der Waals surface area contributed by atoms with E-state index in [-0.39, 0.29) is 51.1 Å². The zero-order valence-corrected chi connectivity index (χ0v) is 23.0. The second kappa shape index (κ2) is 11.2. The number of carbonyl (C=O) groups excluding carboxylic acids is 4. The molecule has 0 aromatic heterocycles. The highest BCUT2D eigenvalue weighted by Gasteiger charge is 2.48. The number of sulfonamides is 1. The molecule has 4 amide bonds. The van der Waals surface area contributed by atoms with Crippen LogP contribution in [0.3, 0.4) is 0 Å². The van der Waals surface area contributed by atoms with Gasteiger partial charge in [0, 0.05) is 37.8 Å². The summed E-state index contributed by atoms with van der Waals surface area (Å²) < 4.78 is 45.3. The van der Waals surface area contributed by atoms with Crippen LogP contribution < -0.4 is 10.6 Å². The lowest BCUT2D eigenvalue weighted by Crippen LogP contribution is -2.63. The maximum absolute atomic E-state index is 13.7. The molecule has 0 radical (unpaired) electrons. The van der Waals surface area contributed by atoms with Crippen molar-refractivity contribution in [2.24, 2.45) is 0 Å². The van der Waals surface area contributed by atoms with Crippen LogP contribution in [0.4, 0.5) is 4.39 Å². The maximum atomic E-state index is 13.7. The van der Waals surface area contributed by atoms with Crippen molar-refractivity contribution in [1.29, 1.82) is 0 Å². The van der Waals surface area contributed by atoms with Gasteiger partial charge in [-0.2, -0.15) is 4.31 Å². The molecule has 1 aromatic carbocycles. The number of fused-ring (bicyclic) bond motifs is 6. The Kier molecular flexibility index (Phi) is 8.04. The van der Waals surface area contributed by atoms with Gasteiger partial charge in [0.1, 0.15) is 36.2 Å². The second-order valence-electron chi connectivity index (χ2n) is 10.8. The lowest BCUT2D eigenvalue weighted by molar-refractivity contribution is -0.140. The van der Waals surface area contributed by atoms with Crippen LogP contribution in [-0.4, -0.2) is 138 Å². The van der Waals surface area contributed by atoms with Gasteiger partial charge in [-0.05, 0) is 30.7 Å². The Balaban J connectivity index is 1.46. The van der Waals surface area contributed by atoms with Gasteiger partial charge in [0.2, 0.25) is 27.7 Å². The molecule has 5 rings (SSSR count). The van der Waals surface area contributed by atoms with Crippen molar-refractivity contribution in [3.05, 3.63) is 35.6 Å². The number of aliphatic hydroxyl groups is 2. The minimum absolute atomic E-state index is 0.000994. The molecule has 0 unspecified atom stereocenters. The van der Waals surface area contributed by atoms with Gasteiger partial charge in [0.15, 0.2) is 0 Å². The second-order valence-corrected chi connectivity index (χ2v) is 12.7. The van der Waals surface area contributed by atoms with E-state index in [0.29, 0.717) is 0 Å². The third kappa shape index (κ3) is 5.92. The number of amides is 4. The van der Waals surface area contributed by atoms with E-state index in [9.17, 15) is 42.2 Å². The number of hydrogen-bond acceptors (Lipinski definition) is 9. The smallest absolute Gasteiger partial charge is 0.254 e. The molecule has 4 fully saturated rings. The quantitative estimate of drug-likeness (QED) is 0.276. The van der Waals surface area contributed by atoms with Crippen molar-refractivity contribution in [3.8, 4) is 0 Å². The summed E-state index contributed by atoms with van der Waals surface area (Å²) in [5.74, 6) is -2.92. The average Bonchev–Trinajstić information content (AvgIpc) is 3.47. The standard InChI is InChI=1S/C25H32FN5O9S/c1-41(38,39)31-11-15-8-16(31)25(37)29-6-7-30(24(36)13-2-4-14(26)5-3-13)17(12-29)23(35)27-10-19-22(34)21(33)18(40-19)9-20(32)28-15/h2-5,15-19,21-22,33-34H,6-12H2,1H3,(H,27,35)(H,28,32)/t15-,16-,17-,18-,19+,21-,22+/m0/s1. The summed E-state index contributed by atoms with van der Waals surface area (Å²) in [5.41, 5.74) is 0.129. The molecule has 41 heavy (non-hydrogen) atoms. The molecule has 4 aliphatic rings. The van der Waals surface area contributed by atoms with Crippen LogP contribution in [0.2, 0.25) is 0 Å². The summed E-state index contributed by atoms with van der Waals surface area (Å²) in [6, 6.07) is 1.72. The first-order valence-electron chi connectivity index (χ1n) is 13.2. The SMILES string of the molecule is CS(=O)(=O)N1C[C@@H]2C[C@H]1C(=O)N1CCN(C(=O)c3ccc(F)cc3)[C@@H](C1)C(=O)NC[C@H]1O[C@@H](CC(=O)N2)[C@H](O)[C@@H]1O. The van der Waals surface area contributed by atoms with E-state index < -0.39 is 82.0 Å². The topological polar surface area (TPSA) is 186 Å². The van der Waals surface area contributed by atoms with Crippen molar-refractivity contribution in [2.45, 2.75) is 55.4 Å². The molecule has 4 saturated heterocycles. The molecular weight excluding hydrogens is 565 g/mol. The predicted octanol–water partition coefficient (Wildman–Crippen LogP) is -2.99. The third-order valence-corrected chi connectivity index (χ3v) is 9.26. The first-order chi connectivity index (χ1) is 19.3. The van der Waals surface area contributed by atoms with Gasteiger partial charge >= 0.3 is 0 Å². The largest absolute Gasteiger partial charge is 0.388 e. The summed E-state index contributed by atoms with van der Waals surface area (Å²) in [6.07, 6.45) is -4.40. The van der Waals surface area contributed by atoms with Gasteiger partial charge in [0.05, 0.1) is 25.3 Å². The minimum atomic E-state index is -3.87. The normalized spacial score (nSPS) is 33.5. The summed E-state index contributed by atoms with van der Waals surface area (Å²) >= 11 is 0. The molecular formula is C25H32FN5O9S. The number of aliphatic hydroxyl groups excluding tert-OH is 2. The van der Waals surface area contributed by atoms with E-state index in [1.165, 1.54) is 21.9 Å². The van der Waals surface area contributed by atoms with Gasteiger partial charge in [0.25, 0.3) is 5.91 Å². The number of carbonyl (C=O) groups is 4. The molecule has 0 aliphatic carbocycles. The molecule has 14 nitrogen and oxygen atoms in total. The zero-order chi connectivity index (χ0) is 29.6. The van der Waals surface area contributed by atoms with Crippen LogP contribution in [0.5, 0.6) is 0 Å². The monoisotopic (exact) mass is 597 g/mol. The Morgan fingerprint density at radius 2 is 1.71 bits per heavy atom. The first-order valence-corrected chi connectivity index (χ1v) is 15.1. The van der Waals surface area contributed by atoms with E-state index in [0.717, 1.165) is 22.7 Å². The number of hydrogen-bond donors (Lipinski definition) is 4. The Labute approximate surface area is 235 Å². The number of halogens is 1. The molecule has 16 heteroatoms. The highest BCUT2D eigenvalue weighted by atomic mass is 32.2. The summed E-state index contributed by atoms with van der Waals surface area (Å²) in [6.45, 7) is -0.755. The van der Waals surface area contributed by atoms with Crippen molar-refractivity contribution >= 4 is 33.7 Å². The van der Waals surface area contributed by atoms with E-state index in [2.05, 4.69) is 10.6 Å². The fraction of sp³-hybridized carbons (Fsp3) is 0.600. The zero-order valence-electron chi connectivity index (χ0n) is 22.2. The van der Waals surface area contributed by atoms with Crippen LogP contribution in [0, 0.1) is 5.82 Å². The third-order valence-electron chi connectivity index (χ3n) is 8.00. The van der Waals surface area contributed by atoms with Crippen molar-refractivity contribution in [2.75, 3.05) is 39.0 Å². The fourth-order valence-corrected chi connectivity index (χ4v) is 6.96. The fourth-order valence-electron chi connectivity index (χ4n) is 5.87. The van der Waals surface area contributed by atoms with Crippen molar-refractivity contribution in [3.63, 3.8) is 0 Å². The lowest BCUT2D eigenvalue weighted by atomic mass is 10.0. The number of nitrogens with zero attached hydrogens (tertiary/aromatic N) is 3. The number of benzene rings is 1. The predicted molar refractivity (Wildman–Crippen MR) is 138 cm³/mol. The van der Waals surface area contributed by atoms with Gasteiger partial charge in [-0.15, -0.1) is 0 Å². The van der Waals surface area contributed by atoms with Crippen LogP contribution in [0.1, 0.15) is 23.2 Å². The Morgan fingerprint density at radius 3 is 2.39 bits per heavy atom. The first kappa shape index (κ1) is 29.3. The van der Waals surface area contributed by atoms with Crippen LogP contribution >= 0.6 is 0 Å². The molecule has 4 N–H and O–H groups in total. The van der Waals surface area contributed by atoms with Gasteiger partial charge < -0.3 is 35.4 Å². The molecule has 4 heterocycles. The molecule has 6 bridgehead atoms. The molecule has 0 saturated carbocycles. The maximum Gasteiger partial charge on any atom is 0.254 e. The number of ether oxygens (including phenoxy) is 1. The number of rotatable bonds is 2. The number of piperazine rings is 1. The molecule has 4 aliphatic heterocycles. The summed E-state index contributed by atoms with van der Waals surface area (Å²) in [4.78, 5) is 55.8. The lowest BCUT2D eigenvalue weighted by Gasteiger charge is -2.42. The van der Waals surface area contributed by atoms with Crippen LogP contribution in [-0.2, 0) is 29.1 Å². The highest BCUT2D eigenvalue weighted by Crippen LogP contribution is 2.27. The van der Waals surface area contributed by atoms with Gasteiger partial charge in [-0.25, -0.2) is 12.8 Å². The Morgan fingerprint density at radius 1 is 1.02 bits per heavy atom. The average molecular weight is 598 g/mol. The van der Waals surface area contributed by atoms with E-state index in [1.807, 2.05) is 0 Å². The van der Waals surface area contributed by atoms with Crippen LogP contribution in [0.25, 0.3) is 0 Å². The number of nitrogens with one attached hydrogen (secondary N) is 2. The Bertz CT molecular complexity index is 1330. The van der Waals surface area contributed by atoms with Gasteiger partial charge in [-0.1, -0.05) is 0 Å². The van der Waals surface area contributed by atoms with Crippen molar-refractivity contribution < 1.29 is 46.9 Å². The van der Waals surface area contributed by atoms with E-state index in [1.54, 1.807) is 0 Å². The van der Waals surface area contributed by atoms with E-state index >= 15 is 0 Å². The minimum Gasteiger partial charge on any atom is -0.388 e.